The van der Waals surface area contributed by atoms with Gasteiger partial charge in [-0.05, 0) is 59.9 Å². The van der Waals surface area contributed by atoms with Gasteiger partial charge in [0.2, 0.25) is 5.91 Å². The van der Waals surface area contributed by atoms with Gasteiger partial charge in [-0.1, -0.05) is 6.07 Å². The van der Waals surface area contributed by atoms with Crippen LogP contribution in [0.3, 0.4) is 0 Å². The number of nitriles is 1. The van der Waals surface area contributed by atoms with Crippen molar-refractivity contribution in [3.05, 3.63) is 28.2 Å². The van der Waals surface area contributed by atoms with E-state index in [1.165, 1.54) is 0 Å². The summed E-state index contributed by atoms with van der Waals surface area (Å²) in [5, 5.41) is 11.7. The third kappa shape index (κ3) is 4.55. The SMILES string of the molecule is Cc1ccc(NC(=O)C2CCCN(CCC#N)C2)c(Br)c1. The van der Waals surface area contributed by atoms with Gasteiger partial charge in [0.05, 0.1) is 17.7 Å². The lowest BCUT2D eigenvalue weighted by atomic mass is 9.97. The summed E-state index contributed by atoms with van der Waals surface area (Å²) in [7, 11) is 0. The molecule has 1 aromatic carbocycles. The van der Waals surface area contributed by atoms with Gasteiger partial charge in [0, 0.05) is 24.0 Å². The zero-order valence-corrected chi connectivity index (χ0v) is 13.8. The predicted molar refractivity (Wildman–Crippen MR) is 86.9 cm³/mol. The van der Waals surface area contributed by atoms with Crippen LogP contribution in [0.25, 0.3) is 0 Å². The van der Waals surface area contributed by atoms with Crippen LogP contribution in [0.4, 0.5) is 5.69 Å². The maximum Gasteiger partial charge on any atom is 0.228 e. The Morgan fingerprint density at radius 1 is 1.57 bits per heavy atom. The number of rotatable bonds is 4. The van der Waals surface area contributed by atoms with E-state index in [-0.39, 0.29) is 11.8 Å². The van der Waals surface area contributed by atoms with E-state index in [1.54, 1.807) is 0 Å². The molecule has 0 saturated carbocycles. The molecular formula is C16H20BrN3O. The Labute approximate surface area is 134 Å². The smallest absolute Gasteiger partial charge is 0.228 e. The Balaban J connectivity index is 1.95. The van der Waals surface area contributed by atoms with Crippen LogP contribution in [0.2, 0.25) is 0 Å². The van der Waals surface area contributed by atoms with Crippen molar-refractivity contribution in [3.8, 4) is 6.07 Å². The first-order valence-electron chi connectivity index (χ1n) is 7.26. The minimum Gasteiger partial charge on any atom is -0.325 e. The molecule has 1 N–H and O–H groups in total. The second-order valence-corrected chi connectivity index (χ2v) is 6.37. The number of benzene rings is 1. The van der Waals surface area contributed by atoms with Crippen molar-refractivity contribution in [2.75, 3.05) is 25.0 Å². The lowest BCUT2D eigenvalue weighted by molar-refractivity contribution is -0.121. The molecule has 4 nitrogen and oxygen atoms in total. The van der Waals surface area contributed by atoms with Gasteiger partial charge in [-0.2, -0.15) is 5.26 Å². The van der Waals surface area contributed by atoms with E-state index in [9.17, 15) is 4.79 Å². The quantitative estimate of drug-likeness (QED) is 0.906. The normalized spacial score (nSPS) is 19.0. The van der Waals surface area contributed by atoms with Gasteiger partial charge in [-0.3, -0.25) is 4.79 Å². The summed E-state index contributed by atoms with van der Waals surface area (Å²) in [5.41, 5.74) is 1.97. The number of piperidine rings is 1. The Hall–Kier alpha value is -1.38. The summed E-state index contributed by atoms with van der Waals surface area (Å²) in [4.78, 5) is 14.6. The predicted octanol–water partition coefficient (Wildman–Crippen LogP) is 3.32. The first kappa shape index (κ1) is 16.0. The number of carbonyl (C=O) groups excluding carboxylic acids is 1. The van der Waals surface area contributed by atoms with Gasteiger partial charge in [-0.15, -0.1) is 0 Å². The molecule has 2 rings (SSSR count). The maximum absolute atomic E-state index is 12.4. The summed E-state index contributed by atoms with van der Waals surface area (Å²) in [6.07, 6.45) is 2.45. The molecule has 112 valence electrons. The highest BCUT2D eigenvalue weighted by Crippen LogP contribution is 2.25. The van der Waals surface area contributed by atoms with E-state index in [4.69, 9.17) is 5.26 Å². The van der Waals surface area contributed by atoms with Crippen LogP contribution in [0.1, 0.15) is 24.8 Å². The molecule has 1 aliphatic rings. The van der Waals surface area contributed by atoms with E-state index in [1.807, 2.05) is 25.1 Å². The van der Waals surface area contributed by atoms with Gasteiger partial charge in [0.25, 0.3) is 0 Å². The van der Waals surface area contributed by atoms with Crippen molar-refractivity contribution in [2.45, 2.75) is 26.2 Å². The monoisotopic (exact) mass is 349 g/mol. The Morgan fingerprint density at radius 3 is 3.10 bits per heavy atom. The third-order valence-corrected chi connectivity index (χ3v) is 4.45. The van der Waals surface area contributed by atoms with Gasteiger partial charge in [0.15, 0.2) is 0 Å². The fourth-order valence-electron chi connectivity index (χ4n) is 2.64. The van der Waals surface area contributed by atoms with Gasteiger partial charge in [-0.25, -0.2) is 0 Å². The highest BCUT2D eigenvalue weighted by atomic mass is 79.9. The lowest BCUT2D eigenvalue weighted by Crippen LogP contribution is -2.41. The number of nitrogens with one attached hydrogen (secondary N) is 1. The van der Waals surface area contributed by atoms with Crippen LogP contribution in [0, 0.1) is 24.2 Å². The molecule has 1 aliphatic heterocycles. The van der Waals surface area contributed by atoms with E-state index in [2.05, 4.69) is 32.2 Å². The number of carbonyl (C=O) groups is 1. The van der Waals surface area contributed by atoms with Crippen LogP contribution in [0.5, 0.6) is 0 Å². The van der Waals surface area contributed by atoms with Gasteiger partial charge >= 0.3 is 0 Å². The molecule has 1 unspecified atom stereocenters. The van der Waals surface area contributed by atoms with Gasteiger partial charge in [0.1, 0.15) is 0 Å². The molecule has 1 atom stereocenters. The molecule has 21 heavy (non-hydrogen) atoms. The Kier molecular flexibility index (Phi) is 5.77. The molecule has 1 saturated heterocycles. The molecule has 0 bridgehead atoms. The number of hydrogen-bond donors (Lipinski definition) is 1. The zero-order chi connectivity index (χ0) is 15.2. The largest absolute Gasteiger partial charge is 0.325 e. The average molecular weight is 350 g/mol. The fourth-order valence-corrected chi connectivity index (χ4v) is 3.23. The second-order valence-electron chi connectivity index (χ2n) is 5.52. The minimum absolute atomic E-state index is 0.00523. The van der Waals surface area contributed by atoms with Crippen LogP contribution in [-0.2, 0) is 4.79 Å². The van der Waals surface area contributed by atoms with Crippen molar-refractivity contribution in [2.24, 2.45) is 5.92 Å². The first-order chi connectivity index (χ1) is 10.1. The number of amides is 1. The first-order valence-corrected chi connectivity index (χ1v) is 8.06. The summed E-state index contributed by atoms with van der Waals surface area (Å²) >= 11 is 3.48. The molecule has 1 heterocycles. The number of hydrogen-bond acceptors (Lipinski definition) is 3. The highest BCUT2D eigenvalue weighted by Gasteiger charge is 2.25. The van der Waals surface area contributed by atoms with Crippen molar-refractivity contribution >= 4 is 27.5 Å². The zero-order valence-electron chi connectivity index (χ0n) is 12.2. The van der Waals surface area contributed by atoms with E-state index < -0.39 is 0 Å². The molecule has 0 radical (unpaired) electrons. The summed E-state index contributed by atoms with van der Waals surface area (Å²) < 4.78 is 0.910. The highest BCUT2D eigenvalue weighted by molar-refractivity contribution is 9.10. The molecular weight excluding hydrogens is 330 g/mol. The van der Waals surface area contributed by atoms with Crippen molar-refractivity contribution in [3.63, 3.8) is 0 Å². The lowest BCUT2D eigenvalue weighted by Gasteiger charge is -2.31. The molecule has 1 fully saturated rings. The van der Waals surface area contributed by atoms with Crippen molar-refractivity contribution in [1.29, 1.82) is 5.26 Å². The second kappa shape index (κ2) is 7.58. The van der Waals surface area contributed by atoms with Crippen LogP contribution in [0.15, 0.2) is 22.7 Å². The van der Waals surface area contributed by atoms with Crippen LogP contribution >= 0.6 is 15.9 Å². The molecule has 5 heteroatoms. The number of anilines is 1. The number of aryl methyl sites for hydroxylation is 1. The van der Waals surface area contributed by atoms with E-state index in [0.717, 1.165) is 48.2 Å². The topological polar surface area (TPSA) is 56.1 Å². The number of likely N-dealkylation sites (tertiary alicyclic amines) is 1. The van der Waals surface area contributed by atoms with Gasteiger partial charge < -0.3 is 10.2 Å². The van der Waals surface area contributed by atoms with E-state index in [0.29, 0.717) is 6.42 Å². The number of halogens is 1. The Morgan fingerprint density at radius 2 is 2.38 bits per heavy atom. The summed E-state index contributed by atoms with van der Waals surface area (Å²) in [5.74, 6) is 0.0758. The standard InChI is InChI=1S/C16H20BrN3O/c1-12-5-6-15(14(17)10-12)19-16(21)13-4-2-8-20(11-13)9-3-7-18/h5-6,10,13H,2-4,8-9,11H2,1H3,(H,19,21). The van der Waals surface area contributed by atoms with E-state index >= 15 is 0 Å². The fraction of sp³-hybridized carbons (Fsp3) is 0.500. The molecule has 0 aromatic heterocycles. The summed E-state index contributed by atoms with van der Waals surface area (Å²) in [6, 6.07) is 8.07. The maximum atomic E-state index is 12.4. The third-order valence-electron chi connectivity index (χ3n) is 3.80. The molecule has 1 amide bonds. The van der Waals surface area contributed by atoms with Crippen molar-refractivity contribution in [1.82, 2.24) is 4.90 Å². The number of nitrogens with zero attached hydrogens (tertiary/aromatic N) is 2. The van der Waals surface area contributed by atoms with Crippen molar-refractivity contribution < 1.29 is 4.79 Å². The Bertz CT molecular complexity index is 553. The minimum atomic E-state index is 0.00523. The molecule has 1 aromatic rings. The average Bonchev–Trinajstić information content (AvgIpc) is 2.48. The molecule has 0 spiro atoms. The summed E-state index contributed by atoms with van der Waals surface area (Å²) in [6.45, 7) is 4.51. The van der Waals surface area contributed by atoms with Crippen LogP contribution < -0.4 is 5.32 Å². The van der Waals surface area contributed by atoms with Crippen LogP contribution in [-0.4, -0.2) is 30.4 Å². The molecule has 0 aliphatic carbocycles.